The number of benzene rings is 2. The Morgan fingerprint density at radius 1 is 1.12 bits per heavy atom. The molecule has 0 radical (unpaired) electrons. The van der Waals surface area contributed by atoms with Crippen LogP contribution in [0.1, 0.15) is 22.3 Å². The lowest BCUT2D eigenvalue weighted by Gasteiger charge is -2.30. The number of hydrogen-bond acceptors (Lipinski definition) is 5. The first-order valence-electron chi connectivity index (χ1n) is 7.35. The molecule has 1 aliphatic rings. The molecule has 7 nitrogen and oxygen atoms in total. The molecule has 26 heavy (non-hydrogen) atoms. The number of rotatable bonds is 3. The van der Waals surface area contributed by atoms with Crippen LogP contribution in [0, 0.1) is 0 Å². The largest absolute Gasteiger partial charge is 0.466 e. The van der Waals surface area contributed by atoms with Gasteiger partial charge in [0, 0.05) is 34.1 Å². The van der Waals surface area contributed by atoms with Crippen LogP contribution < -0.4 is 4.90 Å². The second-order valence-electron chi connectivity index (χ2n) is 5.42. The van der Waals surface area contributed by atoms with Gasteiger partial charge in [0.05, 0.1) is 11.4 Å². The number of oxime groups is 1. The van der Waals surface area contributed by atoms with Gasteiger partial charge < -0.3 is 4.90 Å². The summed E-state index contributed by atoms with van der Waals surface area (Å²) < 4.78 is 34.3. The van der Waals surface area contributed by atoms with Crippen molar-refractivity contribution in [3.8, 4) is 0 Å². The predicted molar refractivity (Wildman–Crippen MR) is 98.4 cm³/mol. The molecule has 1 aliphatic heterocycles. The van der Waals surface area contributed by atoms with Gasteiger partial charge in [0.2, 0.25) is 0 Å². The molecule has 1 heterocycles. The van der Waals surface area contributed by atoms with E-state index in [-0.39, 0.29) is 24.6 Å². The van der Waals surface area contributed by atoms with Crippen LogP contribution in [-0.2, 0) is 14.7 Å². The van der Waals surface area contributed by atoms with E-state index in [4.69, 9.17) is 27.8 Å². The number of nitrogens with zero attached hydrogens (tertiary/aromatic N) is 2. The van der Waals surface area contributed by atoms with Crippen molar-refractivity contribution in [1.82, 2.24) is 0 Å². The van der Waals surface area contributed by atoms with Crippen molar-refractivity contribution >= 4 is 50.9 Å². The summed E-state index contributed by atoms with van der Waals surface area (Å²) in [5.74, 6) is -0.250. The standard InChI is InChI=1S/C16H12Cl2N2O5S/c17-11-3-1-10(2-4-11)16(21)20-8-7-14(19-25-26(22,23)24)13-9-12(18)5-6-15(13)20/h1-6,9H,7-8H2,(H,22,23,24)/b19-14-. The molecule has 136 valence electrons. The summed E-state index contributed by atoms with van der Waals surface area (Å²) in [5.41, 5.74) is 1.64. The Bertz CT molecular complexity index is 990. The van der Waals surface area contributed by atoms with Crippen LogP contribution in [0.5, 0.6) is 0 Å². The fourth-order valence-corrected chi connectivity index (χ4v) is 3.08. The molecule has 0 unspecified atom stereocenters. The van der Waals surface area contributed by atoms with Gasteiger partial charge in [0.25, 0.3) is 5.91 Å². The molecule has 0 aliphatic carbocycles. The Morgan fingerprint density at radius 3 is 2.42 bits per heavy atom. The van der Waals surface area contributed by atoms with E-state index in [9.17, 15) is 13.2 Å². The minimum absolute atomic E-state index is 0.211. The lowest BCUT2D eigenvalue weighted by molar-refractivity contribution is 0.0987. The highest BCUT2D eigenvalue weighted by molar-refractivity contribution is 7.80. The third-order valence-corrected chi connectivity index (χ3v) is 4.46. The second kappa shape index (κ2) is 7.24. The van der Waals surface area contributed by atoms with Crippen molar-refractivity contribution in [3.05, 3.63) is 63.6 Å². The van der Waals surface area contributed by atoms with Crippen molar-refractivity contribution in [3.63, 3.8) is 0 Å². The maximum atomic E-state index is 12.8. The lowest BCUT2D eigenvalue weighted by atomic mass is 9.98. The predicted octanol–water partition coefficient (Wildman–Crippen LogP) is 3.57. The average Bonchev–Trinajstić information content (AvgIpc) is 2.59. The summed E-state index contributed by atoms with van der Waals surface area (Å²) in [5, 5.41) is 4.38. The smallest absolute Gasteiger partial charge is 0.307 e. The van der Waals surface area contributed by atoms with Crippen molar-refractivity contribution in [2.24, 2.45) is 5.16 Å². The van der Waals surface area contributed by atoms with Crippen LogP contribution >= 0.6 is 23.2 Å². The minimum atomic E-state index is -4.73. The molecule has 2 aromatic carbocycles. The van der Waals surface area contributed by atoms with Gasteiger partial charge in [-0.25, -0.2) is 4.28 Å². The van der Waals surface area contributed by atoms with Crippen LogP contribution in [0.15, 0.2) is 47.6 Å². The fourth-order valence-electron chi connectivity index (χ4n) is 2.59. The number of hydrogen-bond donors (Lipinski definition) is 1. The zero-order valence-corrected chi connectivity index (χ0v) is 15.4. The molecule has 1 N–H and O–H groups in total. The van der Waals surface area contributed by atoms with Gasteiger partial charge in [0.15, 0.2) is 0 Å². The molecular weight excluding hydrogens is 403 g/mol. The van der Waals surface area contributed by atoms with Crippen molar-refractivity contribution in [2.75, 3.05) is 11.4 Å². The number of carbonyl (C=O) groups is 1. The van der Waals surface area contributed by atoms with E-state index in [2.05, 4.69) is 9.44 Å². The van der Waals surface area contributed by atoms with Crippen molar-refractivity contribution < 1.29 is 22.0 Å². The van der Waals surface area contributed by atoms with Gasteiger partial charge in [0.1, 0.15) is 0 Å². The first-order chi connectivity index (χ1) is 12.2. The van der Waals surface area contributed by atoms with E-state index in [1.165, 1.54) is 4.90 Å². The summed E-state index contributed by atoms with van der Waals surface area (Å²) in [4.78, 5) is 14.4. The highest BCUT2D eigenvalue weighted by Gasteiger charge is 2.28. The first kappa shape index (κ1) is 18.7. The Kier molecular flexibility index (Phi) is 5.19. The van der Waals surface area contributed by atoms with Gasteiger partial charge in [-0.3, -0.25) is 9.35 Å². The normalized spacial score (nSPS) is 15.7. The van der Waals surface area contributed by atoms with Gasteiger partial charge in [-0.05, 0) is 42.5 Å². The molecular formula is C16H12Cl2N2O5S. The first-order valence-corrected chi connectivity index (χ1v) is 9.47. The van der Waals surface area contributed by atoms with Crippen molar-refractivity contribution in [1.29, 1.82) is 0 Å². The van der Waals surface area contributed by atoms with Gasteiger partial charge in [-0.1, -0.05) is 28.4 Å². The highest BCUT2D eigenvalue weighted by Crippen LogP contribution is 2.31. The summed E-state index contributed by atoms with van der Waals surface area (Å²) in [6.07, 6.45) is 0.211. The number of amides is 1. The third-order valence-electron chi connectivity index (χ3n) is 3.71. The monoisotopic (exact) mass is 414 g/mol. The lowest BCUT2D eigenvalue weighted by Crippen LogP contribution is -2.37. The molecule has 2 aromatic rings. The Labute approximate surface area is 159 Å². The molecule has 0 saturated heterocycles. The third kappa shape index (κ3) is 4.16. The van der Waals surface area contributed by atoms with E-state index >= 15 is 0 Å². The zero-order valence-electron chi connectivity index (χ0n) is 13.1. The van der Waals surface area contributed by atoms with Crippen LogP contribution in [0.4, 0.5) is 5.69 Å². The molecule has 1 amide bonds. The highest BCUT2D eigenvalue weighted by atomic mass is 35.5. The Morgan fingerprint density at radius 2 is 1.77 bits per heavy atom. The molecule has 0 fully saturated rings. The maximum Gasteiger partial charge on any atom is 0.466 e. The SMILES string of the molecule is O=C(c1ccc(Cl)cc1)N1CC/C(=N/OS(=O)(=O)O)c2cc(Cl)ccc21. The van der Waals surface area contributed by atoms with Gasteiger partial charge in [-0.15, -0.1) is 0 Å². The van der Waals surface area contributed by atoms with E-state index < -0.39 is 10.4 Å². The summed E-state index contributed by atoms with van der Waals surface area (Å²) in [6, 6.07) is 11.3. The van der Waals surface area contributed by atoms with E-state index in [0.717, 1.165) is 0 Å². The number of halogens is 2. The molecule has 0 saturated carbocycles. The van der Waals surface area contributed by atoms with Gasteiger partial charge >= 0.3 is 10.4 Å². The van der Waals surface area contributed by atoms with E-state index in [1.807, 2.05) is 0 Å². The Hall–Kier alpha value is -2.13. The maximum absolute atomic E-state index is 12.8. The number of fused-ring (bicyclic) bond motifs is 1. The molecule has 0 spiro atoms. The van der Waals surface area contributed by atoms with Crippen LogP contribution in [-0.4, -0.2) is 31.1 Å². The number of carbonyl (C=O) groups excluding carboxylic acids is 1. The topological polar surface area (TPSA) is 96.3 Å². The van der Waals surface area contributed by atoms with Crippen LogP contribution in [0.3, 0.4) is 0 Å². The summed E-state index contributed by atoms with van der Waals surface area (Å²) in [6.45, 7) is 0.240. The summed E-state index contributed by atoms with van der Waals surface area (Å²) >= 11 is 11.9. The quantitative estimate of drug-likeness (QED) is 0.611. The molecule has 3 rings (SSSR count). The molecule has 0 bridgehead atoms. The molecule has 0 aromatic heterocycles. The zero-order chi connectivity index (χ0) is 18.9. The fraction of sp³-hybridized carbons (Fsp3) is 0.125. The Balaban J connectivity index is 2.00. The minimum Gasteiger partial charge on any atom is -0.307 e. The second-order valence-corrected chi connectivity index (χ2v) is 7.29. The van der Waals surface area contributed by atoms with Crippen molar-refractivity contribution in [2.45, 2.75) is 6.42 Å². The van der Waals surface area contributed by atoms with E-state index in [1.54, 1.807) is 42.5 Å². The van der Waals surface area contributed by atoms with Crippen LogP contribution in [0.2, 0.25) is 10.0 Å². The van der Waals surface area contributed by atoms with E-state index in [0.29, 0.717) is 26.9 Å². The molecule has 0 atom stereocenters. The number of anilines is 1. The summed E-state index contributed by atoms with van der Waals surface area (Å²) in [7, 11) is -4.73. The average molecular weight is 415 g/mol. The molecule has 10 heteroatoms. The van der Waals surface area contributed by atoms with Crippen LogP contribution in [0.25, 0.3) is 0 Å². The van der Waals surface area contributed by atoms with Gasteiger partial charge in [-0.2, -0.15) is 8.42 Å².